The third-order valence-electron chi connectivity index (χ3n) is 3.03. The lowest BCUT2D eigenvalue weighted by Crippen LogP contribution is -2.17. The zero-order chi connectivity index (χ0) is 11.8. The molecule has 0 saturated carbocycles. The molecule has 86 valence electrons. The van der Waals surface area contributed by atoms with Gasteiger partial charge in [0.05, 0.1) is 11.4 Å². The normalized spacial score (nSPS) is 18.2. The Morgan fingerprint density at radius 1 is 1.06 bits per heavy atom. The van der Waals surface area contributed by atoms with Crippen LogP contribution >= 0.6 is 0 Å². The van der Waals surface area contributed by atoms with Crippen molar-refractivity contribution in [2.24, 2.45) is 0 Å². The molecule has 2 aromatic carbocycles. The molecule has 1 unspecified atom stereocenters. The quantitative estimate of drug-likeness (QED) is 0.754. The molecule has 3 rings (SSSR count). The highest BCUT2D eigenvalue weighted by atomic mass is 32.2. The molecule has 17 heavy (non-hydrogen) atoms. The van der Waals surface area contributed by atoms with Crippen LogP contribution in [0, 0.1) is 6.92 Å². The van der Waals surface area contributed by atoms with E-state index in [-0.39, 0.29) is 0 Å². The molecule has 0 bridgehead atoms. The zero-order valence-corrected chi connectivity index (χ0v) is 10.4. The molecule has 1 atom stereocenters. The molecule has 0 spiro atoms. The van der Waals surface area contributed by atoms with Crippen LogP contribution < -0.4 is 4.31 Å². The van der Waals surface area contributed by atoms with Crippen molar-refractivity contribution in [1.82, 2.24) is 0 Å². The Labute approximate surface area is 103 Å². The minimum atomic E-state index is -1.06. The van der Waals surface area contributed by atoms with Crippen LogP contribution in [0.25, 0.3) is 0 Å². The molecule has 0 N–H and O–H groups in total. The van der Waals surface area contributed by atoms with E-state index in [1.54, 1.807) is 0 Å². The van der Waals surface area contributed by atoms with Gasteiger partial charge in [-0.1, -0.05) is 36.4 Å². The molecule has 3 heteroatoms. The van der Waals surface area contributed by atoms with Crippen molar-refractivity contribution >= 4 is 16.7 Å². The predicted octanol–water partition coefficient (Wildman–Crippen LogP) is 3.04. The molecule has 1 aliphatic heterocycles. The summed E-state index contributed by atoms with van der Waals surface area (Å²) < 4.78 is 14.4. The first-order valence-electron chi connectivity index (χ1n) is 5.60. The molecule has 0 radical (unpaired) electrons. The van der Waals surface area contributed by atoms with Gasteiger partial charge in [-0.25, -0.2) is 4.21 Å². The van der Waals surface area contributed by atoms with Crippen LogP contribution in [-0.4, -0.2) is 4.21 Å². The number of rotatable bonds is 1. The van der Waals surface area contributed by atoms with E-state index in [0.29, 0.717) is 0 Å². The fourth-order valence-electron chi connectivity index (χ4n) is 2.19. The molecule has 0 aliphatic carbocycles. The Hall–Kier alpha value is -1.61. The van der Waals surface area contributed by atoms with Gasteiger partial charge >= 0.3 is 0 Å². The second kappa shape index (κ2) is 4.00. The maximum absolute atomic E-state index is 12.5. The van der Waals surface area contributed by atoms with E-state index in [1.165, 1.54) is 5.56 Å². The lowest BCUT2D eigenvalue weighted by atomic mass is 10.1. The Balaban J connectivity index is 2.06. The first-order valence-corrected chi connectivity index (χ1v) is 6.71. The van der Waals surface area contributed by atoms with Crippen LogP contribution in [0.2, 0.25) is 0 Å². The minimum Gasteiger partial charge on any atom is -0.283 e. The van der Waals surface area contributed by atoms with Gasteiger partial charge in [0.1, 0.15) is 0 Å². The Morgan fingerprint density at radius 2 is 1.82 bits per heavy atom. The number of para-hydroxylation sites is 1. The molecule has 0 amide bonds. The average molecular weight is 243 g/mol. The molecule has 1 heterocycles. The van der Waals surface area contributed by atoms with Gasteiger partial charge in [-0.3, -0.25) is 4.31 Å². The highest BCUT2D eigenvalue weighted by Crippen LogP contribution is 2.33. The monoisotopic (exact) mass is 243 g/mol. The Morgan fingerprint density at radius 3 is 2.53 bits per heavy atom. The number of anilines is 1. The lowest BCUT2D eigenvalue weighted by molar-refractivity contribution is 0.683. The first kappa shape index (κ1) is 10.5. The van der Waals surface area contributed by atoms with Crippen molar-refractivity contribution in [3.05, 3.63) is 59.7 Å². The second-order valence-electron chi connectivity index (χ2n) is 4.18. The van der Waals surface area contributed by atoms with E-state index < -0.39 is 11.0 Å². The van der Waals surface area contributed by atoms with Gasteiger partial charge in [0.25, 0.3) is 0 Å². The number of nitrogens with zero attached hydrogens (tertiary/aromatic N) is 1. The van der Waals surface area contributed by atoms with Crippen LogP contribution in [0.1, 0.15) is 11.1 Å². The summed E-state index contributed by atoms with van der Waals surface area (Å²) in [5.41, 5.74) is 3.30. The summed E-state index contributed by atoms with van der Waals surface area (Å²) in [6.45, 7) is 2.75. The van der Waals surface area contributed by atoms with Crippen LogP contribution in [-0.2, 0) is 17.5 Å². The average Bonchev–Trinajstić information content (AvgIpc) is 2.69. The van der Waals surface area contributed by atoms with Crippen molar-refractivity contribution in [3.63, 3.8) is 0 Å². The number of hydrogen-bond acceptors (Lipinski definition) is 1. The molecule has 1 aliphatic rings. The fourth-order valence-corrected chi connectivity index (χ4v) is 3.68. The minimum absolute atomic E-state index is 0.730. The highest BCUT2D eigenvalue weighted by molar-refractivity contribution is 7.86. The number of fused-ring (bicyclic) bond motifs is 1. The third-order valence-corrected chi connectivity index (χ3v) is 4.70. The zero-order valence-electron chi connectivity index (χ0n) is 9.59. The maximum atomic E-state index is 12.5. The van der Waals surface area contributed by atoms with Gasteiger partial charge in [0.2, 0.25) is 0 Å². The Bertz CT molecular complexity index is 580. The van der Waals surface area contributed by atoms with Gasteiger partial charge in [0.15, 0.2) is 11.0 Å². The topological polar surface area (TPSA) is 20.3 Å². The van der Waals surface area contributed by atoms with Gasteiger partial charge < -0.3 is 0 Å². The lowest BCUT2D eigenvalue weighted by Gasteiger charge is -2.15. The molecular formula is C14H13NOS. The van der Waals surface area contributed by atoms with E-state index in [1.807, 2.05) is 53.7 Å². The van der Waals surface area contributed by atoms with Crippen molar-refractivity contribution in [1.29, 1.82) is 0 Å². The summed E-state index contributed by atoms with van der Waals surface area (Å²) in [5, 5.41) is 0. The molecule has 0 aromatic heterocycles. The SMILES string of the molecule is Cc1cccc2c1S(=O)N(c1ccccc1)C2. The Kier molecular flexibility index (Phi) is 2.48. The number of aryl methyl sites for hydroxylation is 1. The summed E-state index contributed by atoms with van der Waals surface area (Å²) in [6, 6.07) is 16.0. The van der Waals surface area contributed by atoms with Crippen molar-refractivity contribution < 1.29 is 4.21 Å². The van der Waals surface area contributed by atoms with Crippen molar-refractivity contribution in [3.8, 4) is 0 Å². The number of hydrogen-bond donors (Lipinski definition) is 0. The summed E-state index contributed by atoms with van der Waals surface area (Å²) in [6.07, 6.45) is 0. The van der Waals surface area contributed by atoms with Crippen molar-refractivity contribution in [2.75, 3.05) is 4.31 Å². The van der Waals surface area contributed by atoms with Gasteiger partial charge in [-0.05, 0) is 30.2 Å². The van der Waals surface area contributed by atoms with E-state index in [0.717, 1.165) is 22.7 Å². The van der Waals surface area contributed by atoms with Gasteiger partial charge in [-0.2, -0.15) is 0 Å². The fraction of sp³-hybridized carbons (Fsp3) is 0.143. The van der Waals surface area contributed by atoms with Crippen molar-refractivity contribution in [2.45, 2.75) is 18.4 Å². The van der Waals surface area contributed by atoms with Crippen LogP contribution in [0.4, 0.5) is 5.69 Å². The molecular weight excluding hydrogens is 230 g/mol. The molecule has 2 nitrogen and oxygen atoms in total. The third kappa shape index (κ3) is 1.67. The maximum Gasteiger partial charge on any atom is 0.153 e. The predicted molar refractivity (Wildman–Crippen MR) is 70.2 cm³/mol. The summed E-state index contributed by atoms with van der Waals surface area (Å²) in [7, 11) is -1.06. The van der Waals surface area contributed by atoms with Crippen LogP contribution in [0.15, 0.2) is 53.4 Å². The second-order valence-corrected chi connectivity index (χ2v) is 5.53. The molecule has 2 aromatic rings. The standard InChI is InChI=1S/C14H13NOS/c1-11-6-5-7-12-10-15(17(16)14(11)12)13-8-3-2-4-9-13/h2-9H,10H2,1H3. The van der Waals surface area contributed by atoms with Gasteiger partial charge in [-0.15, -0.1) is 0 Å². The van der Waals surface area contributed by atoms with E-state index in [9.17, 15) is 4.21 Å². The van der Waals surface area contributed by atoms with Gasteiger partial charge in [0, 0.05) is 5.69 Å². The summed E-state index contributed by atoms with van der Waals surface area (Å²) in [5.74, 6) is 0. The molecule has 0 fully saturated rings. The first-order chi connectivity index (χ1) is 8.27. The smallest absolute Gasteiger partial charge is 0.153 e. The summed E-state index contributed by atoms with van der Waals surface area (Å²) >= 11 is 0. The van der Waals surface area contributed by atoms with E-state index in [4.69, 9.17) is 0 Å². The van der Waals surface area contributed by atoms with E-state index in [2.05, 4.69) is 6.07 Å². The number of benzene rings is 2. The summed E-state index contributed by atoms with van der Waals surface area (Å²) in [4.78, 5) is 0.983. The highest BCUT2D eigenvalue weighted by Gasteiger charge is 2.28. The van der Waals surface area contributed by atoms with Crippen LogP contribution in [0.3, 0.4) is 0 Å². The molecule has 0 saturated heterocycles. The van der Waals surface area contributed by atoms with E-state index >= 15 is 0 Å². The van der Waals surface area contributed by atoms with Crippen LogP contribution in [0.5, 0.6) is 0 Å². The largest absolute Gasteiger partial charge is 0.283 e.